The van der Waals surface area contributed by atoms with Crippen LogP contribution in [0.5, 0.6) is 0 Å². The Balaban J connectivity index is 2.27. The summed E-state index contributed by atoms with van der Waals surface area (Å²) in [5.41, 5.74) is 0. The lowest BCUT2D eigenvalue weighted by Gasteiger charge is -2.09. The molecule has 0 aromatic carbocycles. The first kappa shape index (κ1) is 12.2. The number of hydrogen-bond acceptors (Lipinski definition) is 7. The molecule has 18 heavy (non-hydrogen) atoms. The number of aromatic nitrogens is 6. The summed E-state index contributed by atoms with van der Waals surface area (Å²) in [6, 6.07) is 0. The molecule has 0 saturated heterocycles. The molecular weight excluding hydrogens is 232 g/mol. The second kappa shape index (κ2) is 5.39. The number of nitrogens with one attached hydrogen (secondary N) is 2. The third-order valence-corrected chi connectivity index (χ3v) is 2.14. The van der Waals surface area contributed by atoms with Crippen LogP contribution in [0.15, 0.2) is 12.7 Å². The second-order valence-electron chi connectivity index (χ2n) is 4.15. The van der Waals surface area contributed by atoms with Crippen molar-refractivity contribution in [3.05, 3.63) is 12.7 Å². The van der Waals surface area contributed by atoms with Gasteiger partial charge in [0, 0.05) is 13.6 Å². The van der Waals surface area contributed by atoms with E-state index in [2.05, 4.69) is 49.5 Å². The topological polar surface area (TPSA) is 93.4 Å². The van der Waals surface area contributed by atoms with Gasteiger partial charge in [0.15, 0.2) is 0 Å². The van der Waals surface area contributed by atoms with E-state index in [0.29, 0.717) is 23.8 Å². The average Bonchev–Trinajstić information content (AvgIpc) is 2.89. The maximum absolute atomic E-state index is 4.28. The predicted molar refractivity (Wildman–Crippen MR) is 67.6 cm³/mol. The van der Waals surface area contributed by atoms with Crippen molar-refractivity contribution in [2.45, 2.75) is 13.8 Å². The summed E-state index contributed by atoms with van der Waals surface area (Å²) in [4.78, 5) is 16.6. The predicted octanol–water partition coefficient (Wildman–Crippen LogP) is 0.562. The zero-order valence-electron chi connectivity index (χ0n) is 10.6. The number of hydrogen-bond donors (Lipinski definition) is 2. The van der Waals surface area contributed by atoms with Crippen molar-refractivity contribution >= 4 is 11.9 Å². The van der Waals surface area contributed by atoms with E-state index in [1.54, 1.807) is 13.4 Å². The smallest absolute Gasteiger partial charge is 0.258 e. The quantitative estimate of drug-likeness (QED) is 0.798. The lowest BCUT2D eigenvalue weighted by molar-refractivity contribution is 0.682. The van der Waals surface area contributed by atoms with Crippen molar-refractivity contribution in [1.29, 1.82) is 0 Å². The van der Waals surface area contributed by atoms with Gasteiger partial charge in [0.05, 0.1) is 0 Å². The van der Waals surface area contributed by atoms with Crippen LogP contribution in [0, 0.1) is 5.92 Å². The Morgan fingerprint density at radius 2 is 2.00 bits per heavy atom. The van der Waals surface area contributed by atoms with Crippen LogP contribution in [-0.4, -0.2) is 43.3 Å². The molecule has 8 heteroatoms. The summed E-state index contributed by atoms with van der Waals surface area (Å²) in [5.74, 6) is 1.95. The molecule has 0 atom stereocenters. The van der Waals surface area contributed by atoms with E-state index >= 15 is 0 Å². The van der Waals surface area contributed by atoms with Gasteiger partial charge in [-0.3, -0.25) is 0 Å². The highest BCUT2D eigenvalue weighted by atomic mass is 15.4. The third kappa shape index (κ3) is 2.90. The molecule has 2 N–H and O–H groups in total. The fourth-order valence-corrected chi connectivity index (χ4v) is 1.26. The van der Waals surface area contributed by atoms with E-state index in [9.17, 15) is 0 Å². The monoisotopic (exact) mass is 248 g/mol. The Morgan fingerprint density at radius 3 is 2.61 bits per heavy atom. The summed E-state index contributed by atoms with van der Waals surface area (Å²) >= 11 is 0. The molecule has 0 bridgehead atoms. The first-order chi connectivity index (χ1) is 8.69. The highest BCUT2D eigenvalue weighted by molar-refractivity contribution is 5.37. The van der Waals surface area contributed by atoms with E-state index in [4.69, 9.17) is 0 Å². The Morgan fingerprint density at radius 1 is 1.22 bits per heavy atom. The number of nitrogens with zero attached hydrogens (tertiary/aromatic N) is 6. The van der Waals surface area contributed by atoms with Crippen molar-refractivity contribution < 1.29 is 0 Å². The van der Waals surface area contributed by atoms with E-state index < -0.39 is 0 Å². The van der Waals surface area contributed by atoms with E-state index in [0.717, 1.165) is 6.54 Å². The Kier molecular flexibility index (Phi) is 3.66. The zero-order chi connectivity index (χ0) is 13.0. The zero-order valence-corrected chi connectivity index (χ0v) is 10.6. The lowest BCUT2D eigenvalue weighted by Crippen LogP contribution is -2.14. The van der Waals surface area contributed by atoms with Crippen LogP contribution < -0.4 is 10.6 Å². The summed E-state index contributed by atoms with van der Waals surface area (Å²) in [6.07, 6.45) is 2.98. The highest BCUT2D eigenvalue weighted by Gasteiger charge is 2.08. The molecule has 8 nitrogen and oxygen atoms in total. The molecule has 2 heterocycles. The Labute approximate surface area is 105 Å². The van der Waals surface area contributed by atoms with Crippen LogP contribution in [0.1, 0.15) is 13.8 Å². The fraction of sp³-hybridized carbons (Fsp3) is 0.500. The van der Waals surface area contributed by atoms with Gasteiger partial charge in [0.25, 0.3) is 5.95 Å². The molecule has 2 rings (SSSR count). The van der Waals surface area contributed by atoms with Crippen molar-refractivity contribution in [3.8, 4) is 5.95 Å². The molecule has 0 aliphatic carbocycles. The van der Waals surface area contributed by atoms with Gasteiger partial charge in [-0.1, -0.05) is 13.8 Å². The van der Waals surface area contributed by atoms with Gasteiger partial charge in [-0.25, -0.2) is 4.98 Å². The van der Waals surface area contributed by atoms with Crippen molar-refractivity contribution in [1.82, 2.24) is 29.7 Å². The van der Waals surface area contributed by atoms with Gasteiger partial charge in [0.1, 0.15) is 12.7 Å². The molecule has 0 aliphatic rings. The summed E-state index contributed by atoms with van der Waals surface area (Å²) in [5, 5.41) is 10.0. The summed E-state index contributed by atoms with van der Waals surface area (Å²) in [6.45, 7) is 5.03. The Hall–Kier alpha value is -2.25. The van der Waals surface area contributed by atoms with Crippen LogP contribution in [0.3, 0.4) is 0 Å². The van der Waals surface area contributed by atoms with E-state index in [1.165, 1.54) is 11.0 Å². The standard InChI is InChI=1S/C10H16N8/c1-7(2)4-13-9-15-8(11-3)16-10(17-9)18-6-12-5-14-18/h5-7H,4H2,1-3H3,(H2,11,13,15,16,17). The molecule has 0 saturated carbocycles. The summed E-state index contributed by atoms with van der Waals surface area (Å²) < 4.78 is 1.49. The molecule has 2 aromatic heterocycles. The third-order valence-electron chi connectivity index (χ3n) is 2.14. The second-order valence-corrected chi connectivity index (χ2v) is 4.15. The van der Waals surface area contributed by atoms with Gasteiger partial charge in [-0.2, -0.15) is 24.7 Å². The van der Waals surface area contributed by atoms with Crippen LogP contribution in [0.25, 0.3) is 5.95 Å². The van der Waals surface area contributed by atoms with Gasteiger partial charge < -0.3 is 10.6 Å². The molecule has 0 unspecified atom stereocenters. The molecule has 0 fully saturated rings. The molecular formula is C10H16N8. The van der Waals surface area contributed by atoms with Crippen LogP contribution >= 0.6 is 0 Å². The molecule has 0 radical (unpaired) electrons. The lowest BCUT2D eigenvalue weighted by atomic mass is 10.2. The van der Waals surface area contributed by atoms with Gasteiger partial charge in [-0.15, -0.1) is 0 Å². The maximum atomic E-state index is 4.28. The van der Waals surface area contributed by atoms with E-state index in [1.807, 2.05) is 0 Å². The van der Waals surface area contributed by atoms with Crippen molar-refractivity contribution in [2.75, 3.05) is 24.2 Å². The highest BCUT2D eigenvalue weighted by Crippen LogP contribution is 2.08. The van der Waals surface area contributed by atoms with Crippen molar-refractivity contribution in [3.63, 3.8) is 0 Å². The van der Waals surface area contributed by atoms with Crippen LogP contribution in [0.4, 0.5) is 11.9 Å². The first-order valence-electron chi connectivity index (χ1n) is 5.71. The molecule has 0 aliphatic heterocycles. The minimum absolute atomic E-state index is 0.429. The van der Waals surface area contributed by atoms with Gasteiger partial charge in [-0.05, 0) is 5.92 Å². The molecule has 0 amide bonds. The van der Waals surface area contributed by atoms with Crippen LogP contribution in [-0.2, 0) is 0 Å². The largest absolute Gasteiger partial charge is 0.357 e. The minimum Gasteiger partial charge on any atom is -0.357 e. The normalized spacial score (nSPS) is 10.7. The molecule has 2 aromatic rings. The maximum Gasteiger partial charge on any atom is 0.258 e. The van der Waals surface area contributed by atoms with Crippen molar-refractivity contribution in [2.24, 2.45) is 5.92 Å². The summed E-state index contributed by atoms with van der Waals surface area (Å²) in [7, 11) is 1.76. The Bertz CT molecular complexity index is 493. The SMILES string of the molecule is CNc1nc(NCC(C)C)nc(-n2cncn2)n1. The fourth-order valence-electron chi connectivity index (χ4n) is 1.26. The van der Waals surface area contributed by atoms with Crippen LogP contribution in [0.2, 0.25) is 0 Å². The first-order valence-corrected chi connectivity index (χ1v) is 5.71. The molecule has 96 valence electrons. The van der Waals surface area contributed by atoms with Gasteiger partial charge >= 0.3 is 0 Å². The average molecular weight is 248 g/mol. The van der Waals surface area contributed by atoms with Gasteiger partial charge in [0.2, 0.25) is 11.9 Å². The minimum atomic E-state index is 0.429. The molecule has 0 spiro atoms. The number of rotatable bonds is 5. The number of anilines is 2. The van der Waals surface area contributed by atoms with E-state index in [-0.39, 0.29) is 0 Å².